The van der Waals surface area contributed by atoms with Gasteiger partial charge in [-0.05, 0) is 37.2 Å². The summed E-state index contributed by atoms with van der Waals surface area (Å²) in [6.07, 6.45) is 5.23. The molecule has 0 bridgehead atoms. The summed E-state index contributed by atoms with van der Waals surface area (Å²) in [5.41, 5.74) is 0.478. The first-order chi connectivity index (χ1) is 8.61. The van der Waals surface area contributed by atoms with E-state index in [0.29, 0.717) is 28.4 Å². The lowest BCUT2D eigenvalue weighted by Gasteiger charge is -2.33. The molecule has 0 spiro atoms. The molecular formula is C14H18ClN3. The molecule has 3 atom stereocenters. The lowest BCUT2D eigenvalue weighted by atomic mass is 9.80. The summed E-state index contributed by atoms with van der Waals surface area (Å²) < 4.78 is 0. The Morgan fingerprint density at radius 3 is 2.89 bits per heavy atom. The van der Waals surface area contributed by atoms with E-state index in [-0.39, 0.29) is 0 Å². The van der Waals surface area contributed by atoms with Crippen LogP contribution in [0.3, 0.4) is 0 Å². The third-order valence-electron chi connectivity index (χ3n) is 3.76. The molecule has 0 aromatic carbocycles. The van der Waals surface area contributed by atoms with Crippen LogP contribution in [0, 0.1) is 23.2 Å². The number of halogens is 1. The van der Waals surface area contributed by atoms with Gasteiger partial charge in [-0.1, -0.05) is 25.4 Å². The lowest BCUT2D eigenvalue weighted by molar-refractivity contribution is 0.276. The zero-order chi connectivity index (χ0) is 13.1. The average Bonchev–Trinajstić information content (AvgIpc) is 2.35. The number of nitrogens with one attached hydrogen (secondary N) is 1. The standard InChI is InChI=1S/C14H18ClN3/c1-9-3-4-12(10(2)7-9)18-14-13(15)11(8-16)5-6-17-14/h5-6,9-10,12H,3-4,7H2,1-2H3,(H,17,18). The number of hydrogen-bond donors (Lipinski definition) is 1. The molecule has 1 saturated carbocycles. The van der Waals surface area contributed by atoms with Crippen molar-refractivity contribution in [3.8, 4) is 6.07 Å². The molecule has 96 valence electrons. The fourth-order valence-corrected chi connectivity index (χ4v) is 2.89. The van der Waals surface area contributed by atoms with Crippen molar-refractivity contribution in [1.29, 1.82) is 5.26 Å². The second-order valence-electron chi connectivity index (χ2n) is 5.28. The number of pyridine rings is 1. The first-order valence-electron chi connectivity index (χ1n) is 6.43. The van der Waals surface area contributed by atoms with Crippen molar-refractivity contribution in [2.24, 2.45) is 11.8 Å². The van der Waals surface area contributed by atoms with Gasteiger partial charge in [-0.15, -0.1) is 0 Å². The summed E-state index contributed by atoms with van der Waals surface area (Å²) >= 11 is 6.16. The predicted octanol–water partition coefficient (Wildman–Crippen LogP) is 3.84. The van der Waals surface area contributed by atoms with Crippen LogP contribution >= 0.6 is 11.6 Å². The van der Waals surface area contributed by atoms with Crippen molar-refractivity contribution in [3.05, 3.63) is 22.8 Å². The number of hydrogen-bond acceptors (Lipinski definition) is 3. The molecule has 0 aliphatic heterocycles. The molecule has 1 aliphatic carbocycles. The van der Waals surface area contributed by atoms with Gasteiger partial charge in [0, 0.05) is 12.2 Å². The quantitative estimate of drug-likeness (QED) is 0.882. The van der Waals surface area contributed by atoms with E-state index < -0.39 is 0 Å². The molecule has 1 fully saturated rings. The fraction of sp³-hybridized carbons (Fsp3) is 0.571. The number of nitrogens with zero attached hydrogens (tertiary/aromatic N) is 2. The minimum atomic E-state index is 0.403. The molecule has 2 rings (SSSR count). The Kier molecular flexibility index (Phi) is 4.08. The van der Waals surface area contributed by atoms with Crippen LogP contribution in [0.5, 0.6) is 0 Å². The molecule has 1 heterocycles. The minimum absolute atomic E-state index is 0.403. The summed E-state index contributed by atoms with van der Waals surface area (Å²) in [7, 11) is 0. The Morgan fingerprint density at radius 2 is 2.22 bits per heavy atom. The van der Waals surface area contributed by atoms with Crippen LogP contribution in [0.15, 0.2) is 12.3 Å². The molecule has 4 heteroatoms. The van der Waals surface area contributed by atoms with Gasteiger partial charge in [0.1, 0.15) is 16.9 Å². The number of anilines is 1. The monoisotopic (exact) mass is 263 g/mol. The van der Waals surface area contributed by atoms with Gasteiger partial charge in [-0.2, -0.15) is 5.26 Å². The van der Waals surface area contributed by atoms with Crippen LogP contribution in [0.25, 0.3) is 0 Å². The van der Waals surface area contributed by atoms with E-state index in [1.165, 1.54) is 12.8 Å². The van der Waals surface area contributed by atoms with Gasteiger partial charge in [0.2, 0.25) is 0 Å². The van der Waals surface area contributed by atoms with Crippen LogP contribution in [0.2, 0.25) is 5.02 Å². The Labute approximate surface area is 113 Å². The van der Waals surface area contributed by atoms with E-state index in [1.54, 1.807) is 12.3 Å². The van der Waals surface area contributed by atoms with Crippen LogP contribution in [-0.4, -0.2) is 11.0 Å². The molecule has 1 aromatic heterocycles. The zero-order valence-corrected chi connectivity index (χ0v) is 11.5. The van der Waals surface area contributed by atoms with Crippen molar-refractivity contribution < 1.29 is 0 Å². The maximum absolute atomic E-state index is 8.95. The molecule has 0 amide bonds. The van der Waals surface area contributed by atoms with Crippen LogP contribution in [-0.2, 0) is 0 Å². The Balaban J connectivity index is 2.13. The number of rotatable bonds is 2. The van der Waals surface area contributed by atoms with E-state index >= 15 is 0 Å². The summed E-state index contributed by atoms with van der Waals surface area (Å²) in [6.45, 7) is 4.56. The second kappa shape index (κ2) is 5.58. The molecule has 1 aliphatic rings. The van der Waals surface area contributed by atoms with E-state index in [9.17, 15) is 0 Å². The van der Waals surface area contributed by atoms with Crippen molar-refractivity contribution in [1.82, 2.24) is 4.98 Å². The predicted molar refractivity (Wildman–Crippen MR) is 73.6 cm³/mol. The third kappa shape index (κ3) is 2.76. The maximum Gasteiger partial charge on any atom is 0.146 e. The van der Waals surface area contributed by atoms with Crippen molar-refractivity contribution in [2.75, 3.05) is 5.32 Å². The van der Waals surface area contributed by atoms with Gasteiger partial charge in [-0.25, -0.2) is 4.98 Å². The van der Waals surface area contributed by atoms with Gasteiger partial charge in [-0.3, -0.25) is 0 Å². The summed E-state index contributed by atoms with van der Waals surface area (Å²) in [5, 5.41) is 12.8. The van der Waals surface area contributed by atoms with E-state index in [4.69, 9.17) is 16.9 Å². The highest BCUT2D eigenvalue weighted by Crippen LogP contribution is 2.32. The van der Waals surface area contributed by atoms with E-state index in [1.807, 2.05) is 0 Å². The van der Waals surface area contributed by atoms with E-state index in [0.717, 1.165) is 12.3 Å². The highest BCUT2D eigenvalue weighted by molar-refractivity contribution is 6.34. The maximum atomic E-state index is 8.95. The van der Waals surface area contributed by atoms with Gasteiger partial charge in [0.15, 0.2) is 0 Å². The number of aromatic nitrogens is 1. The van der Waals surface area contributed by atoms with Crippen LogP contribution in [0.4, 0.5) is 5.82 Å². The topological polar surface area (TPSA) is 48.7 Å². The largest absolute Gasteiger partial charge is 0.366 e. The summed E-state index contributed by atoms with van der Waals surface area (Å²) in [6, 6.07) is 4.12. The Bertz CT molecular complexity index is 467. The molecule has 1 N–H and O–H groups in total. The highest BCUT2D eigenvalue weighted by atomic mass is 35.5. The Hall–Kier alpha value is -1.27. The summed E-state index contributed by atoms with van der Waals surface area (Å²) in [5.74, 6) is 2.05. The second-order valence-corrected chi connectivity index (χ2v) is 5.66. The minimum Gasteiger partial charge on any atom is -0.366 e. The SMILES string of the molecule is CC1CCC(Nc2nccc(C#N)c2Cl)C(C)C1. The molecule has 18 heavy (non-hydrogen) atoms. The third-order valence-corrected chi connectivity index (χ3v) is 4.15. The first-order valence-corrected chi connectivity index (χ1v) is 6.80. The van der Waals surface area contributed by atoms with Crippen LogP contribution < -0.4 is 5.32 Å². The average molecular weight is 264 g/mol. The van der Waals surface area contributed by atoms with Crippen molar-refractivity contribution in [2.45, 2.75) is 39.2 Å². The van der Waals surface area contributed by atoms with Crippen molar-refractivity contribution >= 4 is 17.4 Å². The highest BCUT2D eigenvalue weighted by Gasteiger charge is 2.26. The van der Waals surface area contributed by atoms with Crippen LogP contribution in [0.1, 0.15) is 38.7 Å². The molecule has 0 saturated heterocycles. The molecule has 3 unspecified atom stereocenters. The first kappa shape index (κ1) is 13.2. The molecule has 3 nitrogen and oxygen atoms in total. The van der Waals surface area contributed by atoms with E-state index in [2.05, 4.69) is 30.2 Å². The van der Waals surface area contributed by atoms with Crippen molar-refractivity contribution in [3.63, 3.8) is 0 Å². The fourth-order valence-electron chi connectivity index (χ4n) is 2.69. The lowest BCUT2D eigenvalue weighted by Crippen LogP contribution is -2.33. The smallest absolute Gasteiger partial charge is 0.146 e. The van der Waals surface area contributed by atoms with Gasteiger partial charge < -0.3 is 5.32 Å². The molecule has 0 radical (unpaired) electrons. The van der Waals surface area contributed by atoms with Gasteiger partial charge >= 0.3 is 0 Å². The molecule has 1 aromatic rings. The summed E-state index contributed by atoms with van der Waals surface area (Å²) in [4.78, 5) is 4.24. The number of nitriles is 1. The normalized spacial score (nSPS) is 27.6. The Morgan fingerprint density at radius 1 is 1.44 bits per heavy atom. The van der Waals surface area contributed by atoms with Gasteiger partial charge in [0.25, 0.3) is 0 Å². The molecular weight excluding hydrogens is 246 g/mol. The van der Waals surface area contributed by atoms with Gasteiger partial charge in [0.05, 0.1) is 5.56 Å². The zero-order valence-electron chi connectivity index (χ0n) is 10.8.